The second-order valence-corrected chi connectivity index (χ2v) is 6.90. The van der Waals surface area contributed by atoms with Crippen LogP contribution in [-0.2, 0) is 0 Å². The first-order valence-corrected chi connectivity index (χ1v) is 8.50. The predicted molar refractivity (Wildman–Crippen MR) is 88.7 cm³/mol. The molecule has 1 aromatic heterocycles. The summed E-state index contributed by atoms with van der Waals surface area (Å²) < 4.78 is 1.07. The van der Waals surface area contributed by atoms with Gasteiger partial charge in [0, 0.05) is 48.3 Å². The summed E-state index contributed by atoms with van der Waals surface area (Å²) in [5, 5.41) is 1.08. The van der Waals surface area contributed by atoms with Gasteiger partial charge in [-0.05, 0) is 31.0 Å². The van der Waals surface area contributed by atoms with E-state index in [2.05, 4.69) is 42.8 Å². The van der Waals surface area contributed by atoms with Crippen molar-refractivity contribution in [2.75, 3.05) is 31.1 Å². The van der Waals surface area contributed by atoms with Crippen molar-refractivity contribution in [3.63, 3.8) is 0 Å². The first kappa shape index (κ1) is 13.5. The maximum atomic E-state index is 4.72. The molecule has 1 aromatic carbocycles. The lowest BCUT2D eigenvalue weighted by Gasteiger charge is -2.42. The van der Waals surface area contributed by atoms with Crippen LogP contribution >= 0.6 is 15.9 Å². The maximum Gasteiger partial charge on any atom is 0.225 e. The number of halogens is 1. The molecular formula is C16H19BrN4. The van der Waals surface area contributed by atoms with E-state index in [4.69, 9.17) is 4.98 Å². The number of rotatable bonds is 2. The highest BCUT2D eigenvalue weighted by Crippen LogP contribution is 2.26. The summed E-state index contributed by atoms with van der Waals surface area (Å²) in [4.78, 5) is 14.2. The van der Waals surface area contributed by atoms with Crippen molar-refractivity contribution in [3.05, 3.63) is 28.9 Å². The molecule has 1 saturated heterocycles. The molecule has 0 bridgehead atoms. The number of benzene rings is 1. The highest BCUT2D eigenvalue weighted by molar-refractivity contribution is 9.10. The lowest BCUT2D eigenvalue weighted by Crippen LogP contribution is -2.52. The van der Waals surface area contributed by atoms with Crippen molar-refractivity contribution in [3.8, 4) is 0 Å². The van der Waals surface area contributed by atoms with Crippen LogP contribution < -0.4 is 4.90 Å². The zero-order chi connectivity index (χ0) is 14.2. The summed E-state index contributed by atoms with van der Waals surface area (Å²) in [7, 11) is 0. The molecule has 5 heteroatoms. The Morgan fingerprint density at radius 3 is 2.62 bits per heavy atom. The summed E-state index contributed by atoms with van der Waals surface area (Å²) >= 11 is 3.49. The molecule has 21 heavy (non-hydrogen) atoms. The second-order valence-electron chi connectivity index (χ2n) is 5.98. The molecule has 0 unspecified atom stereocenters. The van der Waals surface area contributed by atoms with Gasteiger partial charge in [-0.25, -0.2) is 9.97 Å². The van der Waals surface area contributed by atoms with E-state index < -0.39 is 0 Å². The fraction of sp³-hybridized carbons (Fsp3) is 0.500. The van der Waals surface area contributed by atoms with Gasteiger partial charge in [-0.2, -0.15) is 0 Å². The van der Waals surface area contributed by atoms with Gasteiger partial charge >= 0.3 is 0 Å². The molecule has 2 heterocycles. The van der Waals surface area contributed by atoms with Gasteiger partial charge in [-0.15, -0.1) is 0 Å². The lowest BCUT2D eigenvalue weighted by atomic mass is 9.91. The average Bonchev–Trinajstić information content (AvgIpc) is 2.46. The van der Waals surface area contributed by atoms with Crippen LogP contribution in [-0.4, -0.2) is 47.1 Å². The van der Waals surface area contributed by atoms with Crippen molar-refractivity contribution in [2.45, 2.75) is 25.3 Å². The van der Waals surface area contributed by atoms with E-state index in [1.807, 2.05) is 12.3 Å². The van der Waals surface area contributed by atoms with Crippen molar-refractivity contribution in [1.82, 2.24) is 14.9 Å². The Kier molecular flexibility index (Phi) is 3.55. The zero-order valence-corrected chi connectivity index (χ0v) is 13.6. The SMILES string of the molecule is Brc1ccc2nc(N3CCN(C4CCC4)CC3)ncc2c1. The highest BCUT2D eigenvalue weighted by Gasteiger charge is 2.28. The molecule has 1 aliphatic carbocycles. The third-order valence-electron chi connectivity index (χ3n) is 4.72. The molecule has 0 N–H and O–H groups in total. The summed E-state index contributed by atoms with van der Waals surface area (Å²) in [6.45, 7) is 4.37. The van der Waals surface area contributed by atoms with E-state index in [0.29, 0.717) is 0 Å². The number of hydrogen-bond acceptors (Lipinski definition) is 4. The fourth-order valence-corrected chi connectivity index (χ4v) is 3.56. The van der Waals surface area contributed by atoms with Gasteiger partial charge in [0.2, 0.25) is 5.95 Å². The lowest BCUT2D eigenvalue weighted by molar-refractivity contribution is 0.120. The zero-order valence-electron chi connectivity index (χ0n) is 12.0. The summed E-state index contributed by atoms with van der Waals surface area (Å²) in [6, 6.07) is 7.00. The first-order chi connectivity index (χ1) is 10.3. The Bertz CT molecular complexity index is 648. The van der Waals surface area contributed by atoms with E-state index in [1.54, 1.807) is 0 Å². The number of fused-ring (bicyclic) bond motifs is 1. The summed E-state index contributed by atoms with van der Waals surface area (Å²) in [6.07, 6.45) is 6.12. The molecule has 2 fully saturated rings. The number of hydrogen-bond donors (Lipinski definition) is 0. The minimum absolute atomic E-state index is 0.849. The molecule has 0 radical (unpaired) electrons. The van der Waals surface area contributed by atoms with Crippen LogP contribution in [0.3, 0.4) is 0 Å². The Morgan fingerprint density at radius 1 is 1.10 bits per heavy atom. The molecule has 0 atom stereocenters. The molecule has 1 aliphatic heterocycles. The van der Waals surface area contributed by atoms with E-state index in [0.717, 1.165) is 53.5 Å². The van der Waals surface area contributed by atoms with Crippen molar-refractivity contribution >= 4 is 32.8 Å². The molecule has 4 rings (SSSR count). The van der Waals surface area contributed by atoms with E-state index in [1.165, 1.54) is 19.3 Å². The standard InChI is InChI=1S/C16H19BrN4/c17-13-4-5-15-12(10-13)11-18-16(19-15)21-8-6-20(7-9-21)14-2-1-3-14/h4-5,10-11,14H,1-3,6-9H2. The predicted octanol–water partition coefficient (Wildman–Crippen LogP) is 3.07. The van der Waals surface area contributed by atoms with Gasteiger partial charge in [0.05, 0.1) is 5.52 Å². The van der Waals surface area contributed by atoms with E-state index >= 15 is 0 Å². The third-order valence-corrected chi connectivity index (χ3v) is 5.21. The van der Waals surface area contributed by atoms with Crippen LogP contribution in [0.4, 0.5) is 5.95 Å². The van der Waals surface area contributed by atoms with Crippen molar-refractivity contribution < 1.29 is 0 Å². The van der Waals surface area contributed by atoms with Gasteiger partial charge in [-0.1, -0.05) is 22.4 Å². The summed E-state index contributed by atoms with van der Waals surface area (Å²) in [5.41, 5.74) is 1.02. The van der Waals surface area contributed by atoms with E-state index in [-0.39, 0.29) is 0 Å². The van der Waals surface area contributed by atoms with Crippen molar-refractivity contribution in [2.24, 2.45) is 0 Å². The highest BCUT2D eigenvalue weighted by atomic mass is 79.9. The minimum atomic E-state index is 0.849. The number of piperazine rings is 1. The van der Waals surface area contributed by atoms with Gasteiger partial charge in [0.1, 0.15) is 0 Å². The molecule has 2 aromatic rings. The number of nitrogens with zero attached hydrogens (tertiary/aromatic N) is 4. The smallest absolute Gasteiger partial charge is 0.225 e. The van der Waals surface area contributed by atoms with Crippen LogP contribution in [0.25, 0.3) is 10.9 Å². The minimum Gasteiger partial charge on any atom is -0.338 e. The quantitative estimate of drug-likeness (QED) is 0.836. The maximum absolute atomic E-state index is 4.72. The Balaban J connectivity index is 1.50. The number of anilines is 1. The second kappa shape index (κ2) is 5.54. The van der Waals surface area contributed by atoms with Gasteiger partial charge in [0.15, 0.2) is 0 Å². The van der Waals surface area contributed by atoms with Crippen LogP contribution in [0.2, 0.25) is 0 Å². The average molecular weight is 347 g/mol. The Hall–Kier alpha value is -1.20. The first-order valence-electron chi connectivity index (χ1n) is 7.71. The van der Waals surface area contributed by atoms with Crippen LogP contribution in [0, 0.1) is 0 Å². The largest absolute Gasteiger partial charge is 0.338 e. The normalized spacial score (nSPS) is 20.7. The van der Waals surface area contributed by atoms with Gasteiger partial charge in [-0.3, -0.25) is 4.90 Å². The Labute approximate surface area is 133 Å². The fourth-order valence-electron chi connectivity index (χ4n) is 3.19. The molecule has 0 spiro atoms. The molecule has 0 amide bonds. The monoisotopic (exact) mass is 346 g/mol. The van der Waals surface area contributed by atoms with E-state index in [9.17, 15) is 0 Å². The molecule has 1 saturated carbocycles. The molecule has 4 nitrogen and oxygen atoms in total. The number of aromatic nitrogens is 2. The molecule has 2 aliphatic rings. The molecule has 110 valence electrons. The van der Waals surface area contributed by atoms with Gasteiger partial charge in [0.25, 0.3) is 0 Å². The topological polar surface area (TPSA) is 32.3 Å². The third kappa shape index (κ3) is 2.64. The van der Waals surface area contributed by atoms with Crippen LogP contribution in [0.5, 0.6) is 0 Å². The molecular weight excluding hydrogens is 328 g/mol. The van der Waals surface area contributed by atoms with Crippen LogP contribution in [0.1, 0.15) is 19.3 Å². The Morgan fingerprint density at radius 2 is 1.90 bits per heavy atom. The van der Waals surface area contributed by atoms with Crippen molar-refractivity contribution in [1.29, 1.82) is 0 Å². The van der Waals surface area contributed by atoms with Crippen LogP contribution in [0.15, 0.2) is 28.9 Å². The summed E-state index contributed by atoms with van der Waals surface area (Å²) in [5.74, 6) is 0.873. The van der Waals surface area contributed by atoms with Gasteiger partial charge < -0.3 is 4.90 Å².